The number of hydrogen-bond acceptors (Lipinski definition) is 4. The van der Waals surface area contributed by atoms with Gasteiger partial charge in [-0.3, -0.25) is 0 Å². The number of benzene rings is 1. The van der Waals surface area contributed by atoms with Crippen LogP contribution in [0.4, 0.5) is 16.3 Å². The second-order valence-electron chi connectivity index (χ2n) is 7.19. The summed E-state index contributed by atoms with van der Waals surface area (Å²) in [7, 11) is 0. The third-order valence-electron chi connectivity index (χ3n) is 5.37. The molecule has 0 radical (unpaired) electrons. The Labute approximate surface area is 160 Å². The van der Waals surface area contributed by atoms with Crippen molar-refractivity contribution in [1.29, 1.82) is 0 Å². The van der Waals surface area contributed by atoms with Crippen LogP contribution in [0.15, 0.2) is 48.7 Å². The molecule has 6 nitrogen and oxygen atoms in total. The van der Waals surface area contributed by atoms with Crippen LogP contribution in [0.2, 0.25) is 0 Å². The summed E-state index contributed by atoms with van der Waals surface area (Å²) in [5.41, 5.74) is 2.26. The van der Waals surface area contributed by atoms with Crippen molar-refractivity contribution in [2.45, 2.75) is 19.4 Å². The Hall–Kier alpha value is -2.76. The molecule has 0 aliphatic carbocycles. The normalized spacial score (nSPS) is 17.3. The van der Waals surface area contributed by atoms with Gasteiger partial charge in [0.15, 0.2) is 0 Å². The van der Waals surface area contributed by atoms with Gasteiger partial charge in [0.05, 0.1) is 0 Å². The van der Waals surface area contributed by atoms with Crippen molar-refractivity contribution in [3.05, 3.63) is 54.2 Å². The summed E-state index contributed by atoms with van der Waals surface area (Å²) in [5.74, 6) is 1.04. The highest BCUT2D eigenvalue weighted by Gasteiger charge is 2.21. The number of amides is 2. The molecule has 2 aliphatic heterocycles. The van der Waals surface area contributed by atoms with E-state index in [1.165, 1.54) is 18.5 Å². The molecule has 0 saturated carbocycles. The van der Waals surface area contributed by atoms with E-state index < -0.39 is 0 Å². The van der Waals surface area contributed by atoms with Crippen LogP contribution in [-0.4, -0.2) is 55.2 Å². The summed E-state index contributed by atoms with van der Waals surface area (Å²) >= 11 is 0. The maximum absolute atomic E-state index is 12.5. The summed E-state index contributed by atoms with van der Waals surface area (Å²) in [4.78, 5) is 23.5. The van der Waals surface area contributed by atoms with E-state index in [1.807, 2.05) is 17.2 Å². The van der Waals surface area contributed by atoms with E-state index in [2.05, 4.69) is 56.5 Å². The van der Waals surface area contributed by atoms with Gasteiger partial charge in [0.25, 0.3) is 0 Å². The zero-order chi connectivity index (χ0) is 18.5. The molecule has 4 rings (SSSR count). The largest absolute Gasteiger partial charge is 0.368 e. The number of para-hydroxylation sites is 1. The Bertz CT molecular complexity index is 735. The number of anilines is 2. The average molecular weight is 365 g/mol. The monoisotopic (exact) mass is 365 g/mol. The van der Waals surface area contributed by atoms with Crippen molar-refractivity contribution in [3.8, 4) is 0 Å². The molecule has 2 fully saturated rings. The summed E-state index contributed by atoms with van der Waals surface area (Å²) < 4.78 is 0. The molecule has 3 heterocycles. The molecule has 1 aromatic heterocycles. The number of nitrogens with one attached hydrogen (secondary N) is 1. The molecular weight excluding hydrogens is 338 g/mol. The van der Waals surface area contributed by atoms with Crippen LogP contribution in [0.25, 0.3) is 0 Å². The summed E-state index contributed by atoms with van der Waals surface area (Å²) in [6.07, 6.45) is 4.37. The number of rotatable bonds is 4. The fraction of sp³-hybridized carbons (Fsp3) is 0.429. The van der Waals surface area contributed by atoms with E-state index in [-0.39, 0.29) is 6.03 Å². The van der Waals surface area contributed by atoms with E-state index in [9.17, 15) is 4.79 Å². The maximum atomic E-state index is 12.5. The SMILES string of the molecule is O=C(NCc1ccc(N2CCCC2)nc1)N1CCN(c2ccccc2)CC1. The minimum atomic E-state index is 0.00586. The average Bonchev–Trinajstić information content (AvgIpc) is 3.28. The first-order valence-electron chi connectivity index (χ1n) is 9.82. The van der Waals surface area contributed by atoms with Gasteiger partial charge in [0.1, 0.15) is 5.82 Å². The lowest BCUT2D eigenvalue weighted by molar-refractivity contribution is 0.194. The summed E-state index contributed by atoms with van der Waals surface area (Å²) in [6.45, 7) is 5.92. The number of piperazine rings is 1. The Kier molecular flexibility index (Phi) is 5.42. The smallest absolute Gasteiger partial charge is 0.317 e. The molecule has 27 heavy (non-hydrogen) atoms. The number of aromatic nitrogens is 1. The molecule has 2 saturated heterocycles. The van der Waals surface area contributed by atoms with Crippen LogP contribution < -0.4 is 15.1 Å². The third kappa shape index (κ3) is 4.32. The summed E-state index contributed by atoms with van der Waals surface area (Å²) in [6, 6.07) is 14.5. The first kappa shape index (κ1) is 17.6. The standard InChI is InChI=1S/C21H27N5O/c27-21(26-14-12-24(13-15-26)19-6-2-1-3-7-19)23-17-18-8-9-20(22-16-18)25-10-4-5-11-25/h1-3,6-9,16H,4-5,10-15,17H2,(H,23,27). The molecule has 2 aromatic rings. The minimum absolute atomic E-state index is 0.00586. The van der Waals surface area contributed by atoms with E-state index >= 15 is 0 Å². The zero-order valence-electron chi connectivity index (χ0n) is 15.7. The van der Waals surface area contributed by atoms with Crippen molar-refractivity contribution in [1.82, 2.24) is 15.2 Å². The molecule has 0 atom stereocenters. The van der Waals surface area contributed by atoms with Crippen LogP contribution in [0.3, 0.4) is 0 Å². The van der Waals surface area contributed by atoms with Crippen LogP contribution in [0.5, 0.6) is 0 Å². The van der Waals surface area contributed by atoms with Crippen molar-refractivity contribution in [2.75, 3.05) is 49.1 Å². The molecule has 2 amide bonds. The highest BCUT2D eigenvalue weighted by atomic mass is 16.2. The lowest BCUT2D eigenvalue weighted by Gasteiger charge is -2.36. The number of nitrogens with zero attached hydrogens (tertiary/aromatic N) is 4. The van der Waals surface area contributed by atoms with E-state index in [1.54, 1.807) is 0 Å². The highest BCUT2D eigenvalue weighted by molar-refractivity contribution is 5.74. The molecule has 6 heteroatoms. The Morgan fingerprint density at radius 1 is 0.889 bits per heavy atom. The number of pyridine rings is 1. The van der Waals surface area contributed by atoms with Gasteiger partial charge in [0.2, 0.25) is 0 Å². The van der Waals surface area contributed by atoms with Crippen molar-refractivity contribution >= 4 is 17.5 Å². The molecule has 142 valence electrons. The summed E-state index contributed by atoms with van der Waals surface area (Å²) in [5, 5.41) is 3.03. The molecule has 1 N–H and O–H groups in total. The van der Waals surface area contributed by atoms with Gasteiger partial charge >= 0.3 is 6.03 Å². The molecule has 0 bridgehead atoms. The lowest BCUT2D eigenvalue weighted by atomic mass is 10.2. The van der Waals surface area contributed by atoms with Gasteiger partial charge in [-0.05, 0) is 36.6 Å². The van der Waals surface area contributed by atoms with E-state index in [0.717, 1.165) is 50.6 Å². The van der Waals surface area contributed by atoms with Crippen LogP contribution in [-0.2, 0) is 6.54 Å². The van der Waals surface area contributed by atoms with Crippen molar-refractivity contribution in [2.24, 2.45) is 0 Å². The first-order chi connectivity index (χ1) is 13.3. The maximum Gasteiger partial charge on any atom is 0.317 e. The van der Waals surface area contributed by atoms with Gasteiger partial charge in [-0.15, -0.1) is 0 Å². The van der Waals surface area contributed by atoms with Crippen molar-refractivity contribution < 1.29 is 4.79 Å². The van der Waals surface area contributed by atoms with Crippen LogP contribution in [0.1, 0.15) is 18.4 Å². The van der Waals surface area contributed by atoms with Crippen LogP contribution >= 0.6 is 0 Å². The molecule has 0 spiro atoms. The Balaban J connectivity index is 1.24. The minimum Gasteiger partial charge on any atom is -0.368 e. The van der Waals surface area contributed by atoms with Gasteiger partial charge in [0, 0.05) is 57.7 Å². The quantitative estimate of drug-likeness (QED) is 0.905. The third-order valence-corrected chi connectivity index (χ3v) is 5.37. The first-order valence-corrected chi connectivity index (χ1v) is 9.82. The Morgan fingerprint density at radius 2 is 1.63 bits per heavy atom. The molecule has 1 aromatic carbocycles. The van der Waals surface area contributed by atoms with E-state index in [4.69, 9.17) is 0 Å². The lowest BCUT2D eigenvalue weighted by Crippen LogP contribution is -2.51. The number of carbonyl (C=O) groups excluding carboxylic acids is 1. The predicted molar refractivity (Wildman–Crippen MR) is 108 cm³/mol. The fourth-order valence-corrected chi connectivity index (χ4v) is 3.75. The number of hydrogen-bond donors (Lipinski definition) is 1. The van der Waals surface area contributed by atoms with Crippen LogP contribution in [0, 0.1) is 0 Å². The second-order valence-corrected chi connectivity index (χ2v) is 7.19. The van der Waals surface area contributed by atoms with Crippen molar-refractivity contribution in [3.63, 3.8) is 0 Å². The van der Waals surface area contributed by atoms with Gasteiger partial charge in [-0.1, -0.05) is 24.3 Å². The fourth-order valence-electron chi connectivity index (χ4n) is 3.75. The zero-order valence-corrected chi connectivity index (χ0v) is 15.7. The number of carbonyl (C=O) groups is 1. The van der Waals surface area contributed by atoms with Gasteiger partial charge in [-0.25, -0.2) is 9.78 Å². The Morgan fingerprint density at radius 3 is 2.30 bits per heavy atom. The van der Waals surface area contributed by atoms with E-state index in [0.29, 0.717) is 6.54 Å². The highest BCUT2D eigenvalue weighted by Crippen LogP contribution is 2.18. The van der Waals surface area contributed by atoms with Gasteiger partial charge in [-0.2, -0.15) is 0 Å². The second kappa shape index (κ2) is 8.29. The predicted octanol–water partition coefficient (Wildman–Crippen LogP) is 2.71. The van der Waals surface area contributed by atoms with Gasteiger partial charge < -0.3 is 20.0 Å². The molecule has 2 aliphatic rings. The molecule has 0 unspecified atom stereocenters. The topological polar surface area (TPSA) is 51.7 Å². The number of urea groups is 1. The molecular formula is C21H27N5O.